The summed E-state index contributed by atoms with van der Waals surface area (Å²) in [5.74, 6) is 0.126. The maximum Gasteiger partial charge on any atom is 0.185 e. The first-order valence-corrected chi connectivity index (χ1v) is 6.49. The smallest absolute Gasteiger partial charge is 0.185 e. The lowest BCUT2D eigenvalue weighted by molar-refractivity contribution is -0.109. The number of thioether (sulfide) groups is 1. The van der Waals surface area contributed by atoms with Gasteiger partial charge in [0.15, 0.2) is 5.12 Å². The minimum absolute atomic E-state index is 0.112. The van der Waals surface area contributed by atoms with E-state index in [0.29, 0.717) is 17.4 Å². The van der Waals surface area contributed by atoms with Crippen molar-refractivity contribution in [2.45, 2.75) is 26.1 Å². The molecule has 18 heavy (non-hydrogen) atoms. The van der Waals surface area contributed by atoms with Crippen LogP contribution in [0.25, 0.3) is 0 Å². The van der Waals surface area contributed by atoms with Gasteiger partial charge in [-0.15, -0.1) is 0 Å². The molecule has 0 saturated heterocycles. The summed E-state index contributed by atoms with van der Waals surface area (Å²) >= 11 is 0.958. The summed E-state index contributed by atoms with van der Waals surface area (Å²) in [5.41, 5.74) is 1.77. The number of carbonyl (C=O) groups is 2. The van der Waals surface area contributed by atoms with Crippen LogP contribution in [0, 0.1) is 6.92 Å². The number of carbonyl (C=O) groups excluding carboxylic acids is 2. The van der Waals surface area contributed by atoms with Gasteiger partial charge in [-0.25, -0.2) is 0 Å². The quantitative estimate of drug-likeness (QED) is 0.791. The number of benzene rings is 1. The molecule has 1 rings (SSSR count). The summed E-state index contributed by atoms with van der Waals surface area (Å²) in [6, 6.07) is 4.94. The zero-order valence-corrected chi connectivity index (χ0v) is 11.1. The molecule has 0 aliphatic heterocycles. The van der Waals surface area contributed by atoms with E-state index in [-0.39, 0.29) is 10.9 Å². The predicted molar refractivity (Wildman–Crippen MR) is 70.7 cm³/mol. The summed E-state index contributed by atoms with van der Waals surface area (Å²) < 4.78 is 0. The van der Waals surface area contributed by atoms with Gasteiger partial charge >= 0.3 is 0 Å². The highest BCUT2D eigenvalue weighted by atomic mass is 32.2. The Labute approximate surface area is 110 Å². The number of aliphatic hydroxyl groups excluding tert-OH is 2. The Morgan fingerprint density at radius 2 is 2.06 bits per heavy atom. The van der Waals surface area contributed by atoms with Crippen LogP contribution < -0.4 is 0 Å². The van der Waals surface area contributed by atoms with E-state index in [0.717, 1.165) is 17.3 Å². The zero-order chi connectivity index (χ0) is 13.7. The molecule has 0 saturated carbocycles. The Balaban J connectivity index is 2.82. The van der Waals surface area contributed by atoms with Gasteiger partial charge in [-0.05, 0) is 24.6 Å². The van der Waals surface area contributed by atoms with Crippen LogP contribution in [0.1, 0.15) is 34.5 Å². The highest BCUT2D eigenvalue weighted by Gasteiger charge is 2.19. The van der Waals surface area contributed by atoms with Crippen LogP contribution in [-0.4, -0.2) is 33.5 Å². The van der Waals surface area contributed by atoms with Gasteiger partial charge in [0, 0.05) is 18.2 Å². The largest absolute Gasteiger partial charge is 0.389 e. The Morgan fingerprint density at radius 1 is 1.39 bits per heavy atom. The van der Waals surface area contributed by atoms with Gasteiger partial charge in [-0.2, -0.15) is 0 Å². The third kappa shape index (κ3) is 4.25. The highest BCUT2D eigenvalue weighted by molar-refractivity contribution is 8.13. The van der Waals surface area contributed by atoms with Crippen molar-refractivity contribution in [1.82, 2.24) is 0 Å². The maximum atomic E-state index is 10.8. The fourth-order valence-corrected chi connectivity index (χ4v) is 2.19. The predicted octanol–water partition coefficient (Wildman–Crippen LogP) is 1.48. The molecule has 0 fully saturated rings. The minimum Gasteiger partial charge on any atom is -0.389 e. The summed E-state index contributed by atoms with van der Waals surface area (Å²) in [5, 5.41) is 19.6. The third-order valence-corrected chi connectivity index (χ3v) is 3.34. The number of hydrogen-bond donors (Lipinski definition) is 2. The van der Waals surface area contributed by atoms with Crippen LogP contribution in [0.3, 0.4) is 0 Å². The number of hydrogen-bond acceptors (Lipinski definition) is 5. The van der Waals surface area contributed by atoms with Crippen LogP contribution in [-0.2, 0) is 4.79 Å². The average molecular weight is 268 g/mol. The molecule has 2 atom stereocenters. The average Bonchev–Trinajstić information content (AvgIpc) is 2.34. The number of aldehydes is 1. The van der Waals surface area contributed by atoms with Crippen LogP contribution >= 0.6 is 11.8 Å². The molecule has 1 aromatic carbocycles. The van der Waals surface area contributed by atoms with Gasteiger partial charge in [0.2, 0.25) is 0 Å². The van der Waals surface area contributed by atoms with Crippen molar-refractivity contribution < 1.29 is 19.8 Å². The van der Waals surface area contributed by atoms with Crippen molar-refractivity contribution in [3.05, 3.63) is 34.9 Å². The number of aryl methyl sites for hydroxylation is 1. The molecular formula is C13H16O4S. The van der Waals surface area contributed by atoms with Gasteiger partial charge in [0.05, 0.1) is 6.10 Å². The Kier molecular flexibility index (Phi) is 5.53. The first-order valence-electron chi connectivity index (χ1n) is 5.50. The highest BCUT2D eigenvalue weighted by Crippen LogP contribution is 2.22. The van der Waals surface area contributed by atoms with Gasteiger partial charge < -0.3 is 10.2 Å². The van der Waals surface area contributed by atoms with E-state index in [9.17, 15) is 19.8 Å². The SMILES string of the molecule is CC(=O)SCC(O)C(O)c1cc(C)cc(C=O)c1. The Bertz CT molecular complexity index is 445. The third-order valence-electron chi connectivity index (χ3n) is 2.42. The molecule has 2 N–H and O–H groups in total. The molecule has 0 aromatic heterocycles. The van der Waals surface area contributed by atoms with E-state index in [1.54, 1.807) is 19.1 Å². The van der Waals surface area contributed by atoms with Crippen LogP contribution in [0.5, 0.6) is 0 Å². The molecule has 4 nitrogen and oxygen atoms in total. The van der Waals surface area contributed by atoms with Crippen molar-refractivity contribution >= 4 is 23.2 Å². The molecule has 0 aliphatic carbocycles. The molecule has 5 heteroatoms. The van der Waals surface area contributed by atoms with Crippen LogP contribution in [0.4, 0.5) is 0 Å². The molecule has 1 aromatic rings. The van der Waals surface area contributed by atoms with Crippen LogP contribution in [0.15, 0.2) is 18.2 Å². The second-order valence-corrected chi connectivity index (χ2v) is 5.31. The van der Waals surface area contributed by atoms with Gasteiger partial charge in [-0.1, -0.05) is 23.4 Å². The maximum absolute atomic E-state index is 10.8. The van der Waals surface area contributed by atoms with Crippen molar-refractivity contribution in [2.24, 2.45) is 0 Å². The van der Waals surface area contributed by atoms with E-state index >= 15 is 0 Å². The lowest BCUT2D eigenvalue weighted by Crippen LogP contribution is -2.21. The van der Waals surface area contributed by atoms with E-state index in [1.807, 2.05) is 0 Å². The Morgan fingerprint density at radius 3 is 2.61 bits per heavy atom. The first kappa shape index (κ1) is 14.9. The van der Waals surface area contributed by atoms with Gasteiger partial charge in [-0.3, -0.25) is 9.59 Å². The first-order chi connectivity index (χ1) is 8.43. The summed E-state index contributed by atoms with van der Waals surface area (Å²) in [7, 11) is 0. The second kappa shape index (κ2) is 6.68. The molecule has 0 bridgehead atoms. The molecule has 2 unspecified atom stereocenters. The Hall–Kier alpha value is -1.17. The standard InChI is InChI=1S/C13H16O4S/c1-8-3-10(6-14)5-11(4-8)13(17)12(16)7-18-9(2)15/h3-6,12-13,16-17H,7H2,1-2H3. The molecule has 98 valence electrons. The lowest BCUT2D eigenvalue weighted by atomic mass is 10.0. The van der Waals surface area contributed by atoms with Gasteiger partial charge in [0.25, 0.3) is 0 Å². The van der Waals surface area contributed by atoms with Crippen molar-refractivity contribution in [3.63, 3.8) is 0 Å². The van der Waals surface area contributed by atoms with E-state index in [2.05, 4.69) is 0 Å². The normalized spacial score (nSPS) is 14.0. The number of rotatable bonds is 5. The minimum atomic E-state index is -1.10. The topological polar surface area (TPSA) is 74.6 Å². The van der Waals surface area contributed by atoms with Crippen LogP contribution in [0.2, 0.25) is 0 Å². The molecule has 0 heterocycles. The monoisotopic (exact) mass is 268 g/mol. The van der Waals surface area contributed by atoms with Crippen molar-refractivity contribution in [1.29, 1.82) is 0 Å². The van der Waals surface area contributed by atoms with Crippen molar-refractivity contribution in [2.75, 3.05) is 5.75 Å². The van der Waals surface area contributed by atoms with Crippen molar-refractivity contribution in [3.8, 4) is 0 Å². The zero-order valence-electron chi connectivity index (χ0n) is 10.3. The molecular weight excluding hydrogens is 252 g/mol. The lowest BCUT2D eigenvalue weighted by Gasteiger charge is -2.18. The summed E-state index contributed by atoms with van der Waals surface area (Å²) in [4.78, 5) is 21.5. The second-order valence-electron chi connectivity index (χ2n) is 4.11. The fourth-order valence-electron chi connectivity index (χ4n) is 1.60. The van der Waals surface area contributed by atoms with E-state index in [1.165, 1.54) is 13.0 Å². The fraction of sp³-hybridized carbons (Fsp3) is 0.385. The molecule has 0 radical (unpaired) electrons. The number of aliphatic hydroxyl groups is 2. The van der Waals surface area contributed by atoms with E-state index in [4.69, 9.17) is 0 Å². The summed E-state index contributed by atoms with van der Waals surface area (Å²) in [6.07, 6.45) is -1.45. The molecule has 0 aliphatic rings. The summed E-state index contributed by atoms with van der Waals surface area (Å²) in [6.45, 7) is 3.21. The molecule has 0 spiro atoms. The molecule has 0 amide bonds. The van der Waals surface area contributed by atoms with Gasteiger partial charge in [0.1, 0.15) is 12.4 Å². The van der Waals surface area contributed by atoms with E-state index < -0.39 is 12.2 Å².